The SMILES string of the molecule is COCc1cc(C(C)=N)ccc1-c1ccccc1C. The van der Waals surface area contributed by atoms with Gasteiger partial charge in [-0.3, -0.25) is 0 Å². The zero-order chi connectivity index (χ0) is 13.8. The summed E-state index contributed by atoms with van der Waals surface area (Å²) in [4.78, 5) is 0. The van der Waals surface area contributed by atoms with Crippen LogP contribution in [-0.4, -0.2) is 12.8 Å². The van der Waals surface area contributed by atoms with Gasteiger partial charge in [-0.1, -0.05) is 36.4 Å². The smallest absolute Gasteiger partial charge is 0.0719 e. The van der Waals surface area contributed by atoms with E-state index in [1.807, 2.05) is 18.2 Å². The second-order valence-electron chi connectivity index (χ2n) is 4.74. The predicted octanol–water partition coefficient (Wildman–Crippen LogP) is 4.20. The molecule has 0 atom stereocenters. The third kappa shape index (κ3) is 2.91. The van der Waals surface area contributed by atoms with Crippen LogP contribution in [0.4, 0.5) is 0 Å². The molecule has 0 fully saturated rings. The summed E-state index contributed by atoms with van der Waals surface area (Å²) in [6.07, 6.45) is 0. The zero-order valence-electron chi connectivity index (χ0n) is 11.7. The van der Waals surface area contributed by atoms with Crippen LogP contribution in [0.15, 0.2) is 42.5 Å². The first-order chi connectivity index (χ1) is 9.13. The molecule has 1 N–H and O–H groups in total. The highest BCUT2D eigenvalue weighted by molar-refractivity contribution is 5.97. The molecule has 2 aromatic carbocycles. The minimum atomic E-state index is 0.560. The normalized spacial score (nSPS) is 10.5. The number of rotatable bonds is 4. The maximum Gasteiger partial charge on any atom is 0.0719 e. The van der Waals surface area contributed by atoms with E-state index in [1.165, 1.54) is 16.7 Å². The molecule has 0 bridgehead atoms. The van der Waals surface area contributed by atoms with Gasteiger partial charge in [-0.2, -0.15) is 0 Å². The van der Waals surface area contributed by atoms with Crippen LogP contribution < -0.4 is 0 Å². The second-order valence-corrected chi connectivity index (χ2v) is 4.74. The average Bonchev–Trinajstić information content (AvgIpc) is 2.40. The molecule has 2 nitrogen and oxygen atoms in total. The zero-order valence-corrected chi connectivity index (χ0v) is 11.7. The van der Waals surface area contributed by atoms with Crippen LogP contribution in [0.5, 0.6) is 0 Å². The van der Waals surface area contributed by atoms with Crippen LogP contribution in [0.25, 0.3) is 11.1 Å². The van der Waals surface area contributed by atoms with Gasteiger partial charge in [0.2, 0.25) is 0 Å². The summed E-state index contributed by atoms with van der Waals surface area (Å²) in [5.74, 6) is 0. The lowest BCUT2D eigenvalue weighted by atomic mass is 9.94. The van der Waals surface area contributed by atoms with Crippen molar-refractivity contribution in [3.8, 4) is 11.1 Å². The van der Waals surface area contributed by atoms with E-state index in [-0.39, 0.29) is 0 Å². The number of ether oxygens (including phenoxy) is 1. The van der Waals surface area contributed by atoms with E-state index < -0.39 is 0 Å². The van der Waals surface area contributed by atoms with Crippen molar-refractivity contribution in [3.05, 3.63) is 59.2 Å². The largest absolute Gasteiger partial charge is 0.380 e. The highest BCUT2D eigenvalue weighted by atomic mass is 16.5. The number of methoxy groups -OCH3 is 1. The van der Waals surface area contributed by atoms with Gasteiger partial charge in [-0.15, -0.1) is 0 Å². The van der Waals surface area contributed by atoms with Gasteiger partial charge in [-0.25, -0.2) is 0 Å². The summed E-state index contributed by atoms with van der Waals surface area (Å²) in [5, 5.41) is 7.74. The molecule has 2 heteroatoms. The van der Waals surface area contributed by atoms with Crippen molar-refractivity contribution in [1.29, 1.82) is 5.41 Å². The van der Waals surface area contributed by atoms with Crippen molar-refractivity contribution < 1.29 is 4.74 Å². The first-order valence-electron chi connectivity index (χ1n) is 6.37. The Morgan fingerprint density at radius 3 is 2.47 bits per heavy atom. The third-order valence-electron chi connectivity index (χ3n) is 3.27. The highest BCUT2D eigenvalue weighted by Crippen LogP contribution is 2.28. The van der Waals surface area contributed by atoms with E-state index in [0.29, 0.717) is 12.3 Å². The summed E-state index contributed by atoms with van der Waals surface area (Å²) in [6.45, 7) is 4.48. The fourth-order valence-corrected chi connectivity index (χ4v) is 2.24. The Bertz CT molecular complexity index is 602. The molecular weight excluding hydrogens is 234 g/mol. The van der Waals surface area contributed by atoms with Crippen LogP contribution >= 0.6 is 0 Å². The summed E-state index contributed by atoms with van der Waals surface area (Å²) in [7, 11) is 1.70. The molecule has 0 unspecified atom stereocenters. The van der Waals surface area contributed by atoms with E-state index in [4.69, 9.17) is 10.1 Å². The lowest BCUT2D eigenvalue weighted by Crippen LogP contribution is -1.99. The lowest BCUT2D eigenvalue weighted by Gasteiger charge is -2.13. The van der Waals surface area contributed by atoms with Crippen molar-refractivity contribution in [1.82, 2.24) is 0 Å². The Labute approximate surface area is 114 Å². The summed E-state index contributed by atoms with van der Waals surface area (Å²) >= 11 is 0. The molecule has 0 aromatic heterocycles. The van der Waals surface area contributed by atoms with Gasteiger partial charge >= 0.3 is 0 Å². The van der Waals surface area contributed by atoms with Gasteiger partial charge in [0.25, 0.3) is 0 Å². The summed E-state index contributed by atoms with van der Waals surface area (Å²) in [6, 6.07) is 14.5. The summed E-state index contributed by atoms with van der Waals surface area (Å²) in [5.41, 5.74) is 6.31. The molecule has 0 spiro atoms. The quantitative estimate of drug-likeness (QED) is 0.814. The molecule has 98 valence electrons. The molecule has 0 amide bonds. The number of hydrogen-bond acceptors (Lipinski definition) is 2. The molecule has 0 heterocycles. The minimum absolute atomic E-state index is 0.560. The Balaban J connectivity index is 2.57. The van der Waals surface area contributed by atoms with Crippen molar-refractivity contribution >= 4 is 5.71 Å². The van der Waals surface area contributed by atoms with Gasteiger partial charge < -0.3 is 10.1 Å². The molecule has 0 aliphatic rings. The third-order valence-corrected chi connectivity index (χ3v) is 3.27. The van der Waals surface area contributed by atoms with Gasteiger partial charge in [0.1, 0.15) is 0 Å². The number of aryl methyl sites for hydroxylation is 1. The maximum atomic E-state index is 7.74. The Morgan fingerprint density at radius 2 is 1.84 bits per heavy atom. The summed E-state index contributed by atoms with van der Waals surface area (Å²) < 4.78 is 5.29. The Morgan fingerprint density at radius 1 is 1.11 bits per heavy atom. The lowest BCUT2D eigenvalue weighted by molar-refractivity contribution is 0.185. The average molecular weight is 253 g/mol. The van der Waals surface area contributed by atoms with E-state index in [9.17, 15) is 0 Å². The number of hydrogen-bond donors (Lipinski definition) is 1. The van der Waals surface area contributed by atoms with Crippen molar-refractivity contribution in [2.75, 3.05) is 7.11 Å². The molecule has 0 saturated carbocycles. The van der Waals surface area contributed by atoms with Crippen LogP contribution in [0.1, 0.15) is 23.6 Å². The standard InChI is InChI=1S/C17H19NO/c1-12-6-4-5-7-16(12)17-9-8-14(13(2)18)10-15(17)11-19-3/h4-10,18H,11H2,1-3H3. The highest BCUT2D eigenvalue weighted by Gasteiger charge is 2.09. The van der Waals surface area contributed by atoms with E-state index >= 15 is 0 Å². The topological polar surface area (TPSA) is 33.1 Å². The Kier molecular flexibility index (Phi) is 4.13. The number of benzene rings is 2. The molecule has 2 aromatic rings. The fraction of sp³-hybridized carbons (Fsp3) is 0.235. The van der Waals surface area contributed by atoms with Crippen LogP contribution in [0, 0.1) is 12.3 Å². The molecule has 0 saturated heterocycles. The van der Waals surface area contributed by atoms with Crippen LogP contribution in [-0.2, 0) is 11.3 Å². The minimum Gasteiger partial charge on any atom is -0.380 e. The van der Waals surface area contributed by atoms with Crippen molar-refractivity contribution in [2.45, 2.75) is 20.5 Å². The first-order valence-corrected chi connectivity index (χ1v) is 6.37. The Hall–Kier alpha value is -1.93. The van der Waals surface area contributed by atoms with E-state index in [0.717, 1.165) is 11.1 Å². The monoisotopic (exact) mass is 253 g/mol. The van der Waals surface area contributed by atoms with Crippen LogP contribution in [0.2, 0.25) is 0 Å². The molecular formula is C17H19NO. The molecule has 0 aliphatic carbocycles. The van der Waals surface area contributed by atoms with Crippen LogP contribution in [0.3, 0.4) is 0 Å². The van der Waals surface area contributed by atoms with Gasteiger partial charge in [0, 0.05) is 12.8 Å². The van der Waals surface area contributed by atoms with Gasteiger partial charge in [-0.05, 0) is 47.7 Å². The van der Waals surface area contributed by atoms with Crippen molar-refractivity contribution in [2.24, 2.45) is 0 Å². The van der Waals surface area contributed by atoms with Crippen molar-refractivity contribution in [3.63, 3.8) is 0 Å². The molecule has 0 aliphatic heterocycles. The predicted molar refractivity (Wildman–Crippen MR) is 79.8 cm³/mol. The van der Waals surface area contributed by atoms with Gasteiger partial charge in [0.15, 0.2) is 0 Å². The molecule has 19 heavy (non-hydrogen) atoms. The van der Waals surface area contributed by atoms with E-state index in [1.54, 1.807) is 14.0 Å². The van der Waals surface area contributed by atoms with Gasteiger partial charge in [0.05, 0.1) is 6.61 Å². The number of nitrogens with one attached hydrogen (secondary N) is 1. The fourth-order valence-electron chi connectivity index (χ4n) is 2.24. The molecule has 0 radical (unpaired) electrons. The maximum absolute atomic E-state index is 7.74. The molecule has 2 rings (SSSR count). The first kappa shape index (κ1) is 13.5. The van der Waals surface area contributed by atoms with E-state index in [2.05, 4.69) is 31.2 Å². The second kappa shape index (κ2) is 5.81.